The Bertz CT molecular complexity index is 2230. The average molecular weight is 785 g/mol. The third-order valence-electron chi connectivity index (χ3n) is 8.59. The Morgan fingerprint density at radius 2 is 1.63 bits per heavy atom. The van der Waals surface area contributed by atoms with Gasteiger partial charge < -0.3 is 22.8 Å². The molecule has 8 rings (SSSR count). The van der Waals surface area contributed by atoms with Crippen LogP contribution in [0.25, 0.3) is 39.1 Å². The van der Waals surface area contributed by atoms with Crippen molar-refractivity contribution in [3.05, 3.63) is 127 Å². The minimum absolute atomic E-state index is 0. The number of fused-ring (bicyclic) bond motifs is 5. The molecule has 0 spiro atoms. The van der Waals surface area contributed by atoms with Gasteiger partial charge in [-0.3, -0.25) is 4.98 Å². The van der Waals surface area contributed by atoms with Crippen molar-refractivity contribution < 1.29 is 33.2 Å². The molecule has 0 radical (unpaired) electrons. The van der Waals surface area contributed by atoms with Crippen LogP contribution in [-0.2, 0) is 27.1 Å². The van der Waals surface area contributed by atoms with Gasteiger partial charge in [-0.05, 0) is 35.5 Å². The predicted octanol–water partition coefficient (Wildman–Crippen LogP) is 7.09. The number of anilines is 1. The fourth-order valence-corrected chi connectivity index (χ4v) is 6.46. The number of hydrogen-bond donors (Lipinski definition) is 0. The molecule has 46 heavy (non-hydrogen) atoms. The molecule has 230 valence electrons. The van der Waals surface area contributed by atoms with Crippen LogP contribution in [0.3, 0.4) is 0 Å². The summed E-state index contributed by atoms with van der Waals surface area (Å²) in [5.41, 5.74) is 9.25. The number of nitrogens with zero attached hydrogens (tertiary/aromatic N) is 5. The zero-order valence-electron chi connectivity index (χ0n) is 29.4. The Morgan fingerprint density at radius 3 is 2.39 bits per heavy atom. The first-order valence-corrected chi connectivity index (χ1v) is 15.3. The standard InChI is InChI=1S/C22H25BN3.C16H11N2O.Ir/c1-15(2)17-10-8-11-18(16(3)4)21(17)23-25(5)20-12-7-6-9-19(20)22-24-13-14-26(22)23;1-17-11-18(14-8-4-3-7-13(14)17)15-10-19-16-9-5-2-6-12(15)16;/h6-8,10-16H,1-5H3;2-5,7-10H,1H3;/q2*-1;+3/i;1D3;. The van der Waals surface area contributed by atoms with Crippen LogP contribution in [0.1, 0.15) is 54.8 Å². The van der Waals surface area contributed by atoms with Gasteiger partial charge in [0.25, 0.3) is 0 Å². The molecule has 1 aliphatic heterocycles. The van der Waals surface area contributed by atoms with Crippen LogP contribution < -0.4 is 14.8 Å². The van der Waals surface area contributed by atoms with Crippen molar-refractivity contribution >= 4 is 40.1 Å². The Balaban J connectivity index is 0.000000169. The van der Waals surface area contributed by atoms with Crippen LogP contribution >= 0.6 is 0 Å². The Kier molecular flexibility index (Phi) is 7.75. The number of benzene rings is 4. The molecule has 4 heterocycles. The summed E-state index contributed by atoms with van der Waals surface area (Å²) in [5, 5.41) is 0.789. The fourth-order valence-electron chi connectivity index (χ4n) is 6.46. The number of para-hydroxylation sites is 2. The molecule has 8 heteroatoms. The molecule has 0 unspecified atom stereocenters. The molecular formula is C38H36BIrN5O+. The number of rotatable bonds is 4. The Hall–Kier alpha value is -4.39. The minimum Gasteiger partial charge on any atom is -0.514 e. The zero-order valence-corrected chi connectivity index (χ0v) is 28.8. The van der Waals surface area contributed by atoms with E-state index in [4.69, 9.17) is 8.53 Å². The van der Waals surface area contributed by atoms with E-state index < -0.39 is 6.98 Å². The normalized spacial score (nSPS) is 13.5. The van der Waals surface area contributed by atoms with Gasteiger partial charge in [0.2, 0.25) is 6.33 Å². The first kappa shape index (κ1) is 27.9. The molecule has 0 N–H and O–H groups in total. The summed E-state index contributed by atoms with van der Waals surface area (Å²) in [4.78, 5) is 7.03. The van der Waals surface area contributed by atoms with Gasteiger partial charge in [-0.2, -0.15) is 0 Å². The van der Waals surface area contributed by atoms with Gasteiger partial charge in [0, 0.05) is 23.8 Å². The molecule has 1 aliphatic rings. The van der Waals surface area contributed by atoms with E-state index >= 15 is 0 Å². The molecular weight excluding hydrogens is 745 g/mol. The maximum absolute atomic E-state index is 7.68. The second-order valence-corrected chi connectivity index (χ2v) is 12.0. The topological polar surface area (TPSA) is 43.0 Å². The molecule has 6 nitrogen and oxygen atoms in total. The molecule has 0 amide bonds. The summed E-state index contributed by atoms with van der Waals surface area (Å²) >= 11 is 0. The molecule has 3 aromatic heterocycles. The minimum atomic E-state index is -2.30. The van der Waals surface area contributed by atoms with E-state index in [0.717, 1.165) is 28.0 Å². The first-order chi connectivity index (χ1) is 23.1. The fraction of sp³-hybridized carbons (Fsp3) is 0.211. The maximum atomic E-state index is 7.68. The monoisotopic (exact) mass is 785 g/mol. The number of aromatic nitrogens is 4. The molecule has 4 aromatic carbocycles. The van der Waals surface area contributed by atoms with E-state index in [-0.39, 0.29) is 27.1 Å². The Labute approximate surface area is 289 Å². The van der Waals surface area contributed by atoms with E-state index in [9.17, 15) is 0 Å². The number of furan rings is 1. The summed E-state index contributed by atoms with van der Waals surface area (Å²) in [5.74, 6) is 1.93. The smallest absolute Gasteiger partial charge is 0.514 e. The van der Waals surface area contributed by atoms with Crippen molar-refractivity contribution in [2.45, 2.75) is 39.5 Å². The predicted molar refractivity (Wildman–Crippen MR) is 182 cm³/mol. The number of aryl methyl sites for hydroxylation is 1. The van der Waals surface area contributed by atoms with Gasteiger partial charge in [0.15, 0.2) is 0 Å². The van der Waals surface area contributed by atoms with Gasteiger partial charge in [-0.1, -0.05) is 86.8 Å². The van der Waals surface area contributed by atoms with E-state index in [1.165, 1.54) is 26.8 Å². The van der Waals surface area contributed by atoms with Crippen LogP contribution in [0.5, 0.6) is 0 Å². The van der Waals surface area contributed by atoms with Crippen LogP contribution in [-0.4, -0.2) is 28.1 Å². The number of imidazole rings is 2. The van der Waals surface area contributed by atoms with Gasteiger partial charge >= 0.3 is 27.1 Å². The van der Waals surface area contributed by atoms with Crippen molar-refractivity contribution in [3.8, 4) is 17.1 Å². The third-order valence-corrected chi connectivity index (χ3v) is 8.59. The molecule has 0 saturated heterocycles. The average Bonchev–Trinajstić information content (AvgIpc) is 3.82. The largest absolute Gasteiger partial charge is 3.00 e. The van der Waals surface area contributed by atoms with E-state index in [2.05, 4.69) is 104 Å². The second-order valence-electron chi connectivity index (χ2n) is 12.0. The molecule has 0 aliphatic carbocycles. The van der Waals surface area contributed by atoms with E-state index in [1.54, 1.807) is 23.0 Å². The van der Waals surface area contributed by atoms with Gasteiger partial charge in [-0.15, -0.1) is 48.5 Å². The maximum Gasteiger partial charge on any atom is 3.00 e. The summed E-state index contributed by atoms with van der Waals surface area (Å²) in [7, 11) is 2.18. The zero-order chi connectivity index (χ0) is 33.7. The van der Waals surface area contributed by atoms with Crippen molar-refractivity contribution in [1.82, 2.24) is 14.0 Å². The summed E-state index contributed by atoms with van der Waals surface area (Å²) < 4.78 is 33.7. The van der Waals surface area contributed by atoms with Crippen LogP contribution in [0.2, 0.25) is 0 Å². The van der Waals surface area contributed by atoms with Gasteiger partial charge in [0.05, 0.1) is 34.1 Å². The van der Waals surface area contributed by atoms with Crippen LogP contribution in [0, 0.1) is 18.5 Å². The number of hydrogen-bond acceptors (Lipinski definition) is 3. The molecule has 0 fully saturated rings. The van der Waals surface area contributed by atoms with Crippen LogP contribution in [0.4, 0.5) is 5.69 Å². The SMILES string of the molecule is CC(C)c1cccc(C(C)C)c1B1N(C)c2ccc[c-]c2-c2nccn21.[2H]C([2H])([2H])[n+]1[c-]n(-c2coc3ccc[c-]c23)c2ccccc21.[Ir+3]. The second kappa shape index (κ2) is 12.8. The van der Waals surface area contributed by atoms with E-state index in [1.807, 2.05) is 42.6 Å². The molecule has 0 bridgehead atoms. The quantitative estimate of drug-likeness (QED) is 0.109. The molecule has 0 atom stereocenters. The molecule has 7 aromatic rings. The van der Waals surface area contributed by atoms with Crippen molar-refractivity contribution in [1.29, 1.82) is 0 Å². The summed E-state index contributed by atoms with van der Waals surface area (Å²) in [6.45, 7) is 6.93. The summed E-state index contributed by atoms with van der Waals surface area (Å²) in [6, 6.07) is 32.2. The van der Waals surface area contributed by atoms with Gasteiger partial charge in [0.1, 0.15) is 0 Å². The third kappa shape index (κ3) is 5.30. The van der Waals surface area contributed by atoms with Crippen molar-refractivity contribution in [3.63, 3.8) is 0 Å². The van der Waals surface area contributed by atoms with Crippen molar-refractivity contribution in [2.24, 2.45) is 6.98 Å². The van der Waals surface area contributed by atoms with E-state index in [0.29, 0.717) is 22.9 Å². The molecule has 0 saturated carbocycles. The summed E-state index contributed by atoms with van der Waals surface area (Å²) in [6.07, 6.45) is 8.51. The van der Waals surface area contributed by atoms with Crippen LogP contribution in [0.15, 0.2) is 102 Å². The van der Waals surface area contributed by atoms with Gasteiger partial charge in [-0.25, -0.2) is 0 Å². The first-order valence-electron chi connectivity index (χ1n) is 16.8. The Morgan fingerprint density at radius 1 is 0.891 bits per heavy atom. The van der Waals surface area contributed by atoms with Crippen molar-refractivity contribution in [2.75, 3.05) is 11.9 Å².